The Hall–Kier alpha value is -1.07. The maximum absolute atomic E-state index is 9.55. The van der Waals surface area contributed by atoms with Crippen LogP contribution in [0.2, 0.25) is 5.02 Å². The number of aromatic nitrogens is 2. The Morgan fingerprint density at radius 1 is 1.44 bits per heavy atom. The van der Waals surface area contributed by atoms with Crippen LogP contribution < -0.4 is 10.6 Å². The predicted octanol–water partition coefficient (Wildman–Crippen LogP) is 2.14. The highest BCUT2D eigenvalue weighted by atomic mass is 35.5. The molecule has 1 aromatic rings. The first-order chi connectivity index (χ1) is 8.69. The van der Waals surface area contributed by atoms with Crippen molar-refractivity contribution in [1.29, 1.82) is 0 Å². The number of hydrogen-bond acceptors (Lipinski definition) is 5. The van der Waals surface area contributed by atoms with Crippen molar-refractivity contribution in [1.82, 2.24) is 9.97 Å². The van der Waals surface area contributed by atoms with Crippen molar-refractivity contribution < 1.29 is 5.11 Å². The smallest absolute Gasteiger partial charge is 0.224 e. The minimum absolute atomic E-state index is 0.0198. The summed E-state index contributed by atoms with van der Waals surface area (Å²) >= 11 is 6.05. The normalized spacial score (nSPS) is 17.7. The van der Waals surface area contributed by atoms with Gasteiger partial charge < -0.3 is 15.7 Å². The van der Waals surface area contributed by atoms with Gasteiger partial charge in [-0.05, 0) is 12.8 Å². The zero-order chi connectivity index (χ0) is 13.0. The van der Waals surface area contributed by atoms with Crippen LogP contribution in [0.15, 0.2) is 6.20 Å². The van der Waals surface area contributed by atoms with Crippen molar-refractivity contribution in [2.45, 2.75) is 25.7 Å². The number of anilines is 2. The van der Waals surface area contributed by atoms with E-state index in [1.807, 2.05) is 0 Å². The minimum Gasteiger partial charge on any atom is -0.396 e. The van der Waals surface area contributed by atoms with Crippen LogP contribution in [-0.4, -0.2) is 35.3 Å². The van der Waals surface area contributed by atoms with E-state index >= 15 is 0 Å². The van der Waals surface area contributed by atoms with Gasteiger partial charge in [0.2, 0.25) is 5.95 Å². The summed E-state index contributed by atoms with van der Waals surface area (Å²) in [6.45, 7) is 0.908. The fourth-order valence-electron chi connectivity index (χ4n) is 2.40. The number of aliphatic hydroxyl groups is 1. The third-order valence-electron chi connectivity index (χ3n) is 3.60. The van der Waals surface area contributed by atoms with Crippen LogP contribution in [0, 0.1) is 5.41 Å². The third-order valence-corrected chi connectivity index (χ3v) is 3.87. The lowest BCUT2D eigenvalue weighted by Crippen LogP contribution is -2.30. The van der Waals surface area contributed by atoms with Crippen LogP contribution in [0.25, 0.3) is 0 Å². The summed E-state index contributed by atoms with van der Waals surface area (Å²) in [6.07, 6.45) is 6.04. The number of nitrogens with zero attached hydrogens (tertiary/aromatic N) is 2. The van der Waals surface area contributed by atoms with E-state index in [-0.39, 0.29) is 12.0 Å². The van der Waals surface area contributed by atoms with E-state index in [0.29, 0.717) is 23.3 Å². The summed E-state index contributed by atoms with van der Waals surface area (Å²) in [5, 5.41) is 16.2. The summed E-state index contributed by atoms with van der Waals surface area (Å²) in [5.74, 6) is 1.15. The molecule has 0 radical (unpaired) electrons. The largest absolute Gasteiger partial charge is 0.396 e. The molecular formula is C12H19ClN4O. The van der Waals surface area contributed by atoms with Gasteiger partial charge in [-0.1, -0.05) is 24.4 Å². The van der Waals surface area contributed by atoms with Gasteiger partial charge >= 0.3 is 0 Å². The SMILES string of the molecule is CNc1ncc(Cl)c(NCC2(CO)CCCC2)n1. The molecule has 6 heteroatoms. The van der Waals surface area contributed by atoms with E-state index in [9.17, 15) is 5.11 Å². The van der Waals surface area contributed by atoms with Gasteiger partial charge in [0.15, 0.2) is 5.82 Å². The van der Waals surface area contributed by atoms with E-state index in [0.717, 1.165) is 12.8 Å². The quantitative estimate of drug-likeness (QED) is 0.765. The average molecular weight is 271 g/mol. The maximum atomic E-state index is 9.55. The molecule has 1 aliphatic rings. The highest BCUT2D eigenvalue weighted by molar-refractivity contribution is 6.32. The van der Waals surface area contributed by atoms with Crippen LogP contribution >= 0.6 is 11.6 Å². The number of nitrogens with one attached hydrogen (secondary N) is 2. The van der Waals surface area contributed by atoms with E-state index in [1.54, 1.807) is 13.2 Å². The van der Waals surface area contributed by atoms with Crippen molar-refractivity contribution in [3.05, 3.63) is 11.2 Å². The van der Waals surface area contributed by atoms with Gasteiger partial charge in [-0.15, -0.1) is 0 Å². The molecule has 100 valence electrons. The molecule has 0 atom stereocenters. The standard InChI is InChI=1S/C12H19ClN4O/c1-14-11-15-6-9(13)10(17-11)16-7-12(8-18)4-2-3-5-12/h6,18H,2-5,7-8H2,1H3,(H2,14,15,16,17). The average Bonchev–Trinajstić information content (AvgIpc) is 2.87. The minimum atomic E-state index is -0.0198. The lowest BCUT2D eigenvalue weighted by molar-refractivity contribution is 0.142. The molecule has 0 spiro atoms. The zero-order valence-electron chi connectivity index (χ0n) is 10.5. The highest BCUT2D eigenvalue weighted by Crippen LogP contribution is 2.38. The molecule has 1 aliphatic carbocycles. The first kappa shape index (κ1) is 13.4. The van der Waals surface area contributed by atoms with Crippen molar-refractivity contribution in [2.75, 3.05) is 30.8 Å². The molecule has 1 heterocycles. The Morgan fingerprint density at radius 2 is 2.17 bits per heavy atom. The molecule has 0 amide bonds. The van der Waals surface area contributed by atoms with Crippen molar-refractivity contribution >= 4 is 23.4 Å². The van der Waals surface area contributed by atoms with Crippen LogP contribution in [0.4, 0.5) is 11.8 Å². The number of halogens is 1. The molecule has 0 unspecified atom stereocenters. The Balaban J connectivity index is 2.05. The molecule has 0 bridgehead atoms. The zero-order valence-corrected chi connectivity index (χ0v) is 11.3. The number of aliphatic hydroxyl groups excluding tert-OH is 1. The summed E-state index contributed by atoms with van der Waals surface area (Å²) in [7, 11) is 1.76. The molecule has 0 aromatic carbocycles. The summed E-state index contributed by atoms with van der Waals surface area (Å²) in [5.41, 5.74) is -0.0198. The van der Waals surface area contributed by atoms with Crippen LogP contribution in [0.3, 0.4) is 0 Å². The fraction of sp³-hybridized carbons (Fsp3) is 0.667. The monoisotopic (exact) mass is 270 g/mol. The molecule has 0 saturated heterocycles. The van der Waals surface area contributed by atoms with E-state index < -0.39 is 0 Å². The highest BCUT2D eigenvalue weighted by Gasteiger charge is 2.33. The number of hydrogen-bond donors (Lipinski definition) is 3. The lowest BCUT2D eigenvalue weighted by atomic mass is 9.87. The molecule has 3 N–H and O–H groups in total. The van der Waals surface area contributed by atoms with Gasteiger partial charge in [-0.2, -0.15) is 4.98 Å². The van der Waals surface area contributed by atoms with Gasteiger partial charge in [0, 0.05) is 19.0 Å². The third kappa shape index (κ3) is 2.84. The van der Waals surface area contributed by atoms with Gasteiger partial charge in [-0.25, -0.2) is 4.98 Å². The molecule has 1 aromatic heterocycles. The lowest BCUT2D eigenvalue weighted by Gasteiger charge is -2.27. The van der Waals surface area contributed by atoms with Crippen molar-refractivity contribution in [2.24, 2.45) is 5.41 Å². The maximum Gasteiger partial charge on any atom is 0.224 e. The van der Waals surface area contributed by atoms with Crippen LogP contribution in [0.1, 0.15) is 25.7 Å². The molecule has 1 fully saturated rings. The summed E-state index contributed by atoms with van der Waals surface area (Å²) in [6, 6.07) is 0. The van der Waals surface area contributed by atoms with Crippen LogP contribution in [0.5, 0.6) is 0 Å². The second-order valence-corrected chi connectivity index (χ2v) is 5.27. The van der Waals surface area contributed by atoms with E-state index in [2.05, 4.69) is 20.6 Å². The Labute approximate surface area is 112 Å². The first-order valence-corrected chi connectivity index (χ1v) is 6.62. The van der Waals surface area contributed by atoms with Gasteiger partial charge in [0.25, 0.3) is 0 Å². The molecule has 2 rings (SSSR count). The first-order valence-electron chi connectivity index (χ1n) is 6.24. The Morgan fingerprint density at radius 3 is 2.78 bits per heavy atom. The van der Waals surface area contributed by atoms with E-state index in [1.165, 1.54) is 12.8 Å². The molecule has 5 nitrogen and oxygen atoms in total. The van der Waals surface area contributed by atoms with Crippen molar-refractivity contribution in [3.8, 4) is 0 Å². The Bertz CT molecular complexity index is 407. The molecule has 1 saturated carbocycles. The fourth-order valence-corrected chi connectivity index (χ4v) is 2.56. The molecule has 18 heavy (non-hydrogen) atoms. The van der Waals surface area contributed by atoms with Crippen molar-refractivity contribution in [3.63, 3.8) is 0 Å². The summed E-state index contributed by atoms with van der Waals surface area (Å²) < 4.78 is 0. The van der Waals surface area contributed by atoms with Crippen LogP contribution in [-0.2, 0) is 0 Å². The van der Waals surface area contributed by atoms with E-state index in [4.69, 9.17) is 11.6 Å². The molecule has 0 aliphatic heterocycles. The van der Waals surface area contributed by atoms with Gasteiger partial charge in [-0.3, -0.25) is 0 Å². The predicted molar refractivity (Wildman–Crippen MR) is 73.1 cm³/mol. The second kappa shape index (κ2) is 5.71. The Kier molecular flexibility index (Phi) is 4.24. The number of rotatable bonds is 5. The second-order valence-electron chi connectivity index (χ2n) is 4.86. The topological polar surface area (TPSA) is 70.1 Å². The molecular weight excluding hydrogens is 252 g/mol. The summed E-state index contributed by atoms with van der Waals surface area (Å²) in [4.78, 5) is 8.30. The van der Waals surface area contributed by atoms with Gasteiger partial charge in [0.05, 0.1) is 12.8 Å². The van der Waals surface area contributed by atoms with Gasteiger partial charge in [0.1, 0.15) is 5.02 Å².